The van der Waals surface area contributed by atoms with Gasteiger partial charge in [0.05, 0.1) is 17.0 Å². The van der Waals surface area contributed by atoms with Crippen LogP contribution in [0.15, 0.2) is 48.5 Å². The number of anilines is 3. The third-order valence-electron chi connectivity index (χ3n) is 3.87. The van der Waals surface area contributed by atoms with Gasteiger partial charge in [0.2, 0.25) is 5.91 Å². The van der Waals surface area contributed by atoms with Crippen LogP contribution in [0.25, 0.3) is 0 Å². The Morgan fingerprint density at radius 3 is 2.19 bits per heavy atom. The summed E-state index contributed by atoms with van der Waals surface area (Å²) in [4.78, 5) is 23.6. The monoisotopic (exact) mass is 501 g/mol. The van der Waals surface area contributed by atoms with Gasteiger partial charge in [-0.2, -0.15) is 21.0 Å². The van der Waals surface area contributed by atoms with E-state index in [1.807, 2.05) is 4.72 Å². The van der Waals surface area contributed by atoms with Gasteiger partial charge in [-0.3, -0.25) is 24.9 Å². The molecule has 0 aliphatic heterocycles. The zero-order chi connectivity index (χ0) is 23.7. The molecule has 0 bridgehead atoms. The van der Waals surface area contributed by atoms with E-state index in [0.717, 1.165) is 0 Å². The molecule has 6 N–H and O–H groups in total. The molecule has 0 saturated carbocycles. The normalized spacial score (nSPS) is 12.7. The zero-order valence-electron chi connectivity index (χ0n) is 16.3. The van der Waals surface area contributed by atoms with Crippen LogP contribution in [0.1, 0.15) is 6.42 Å². The highest BCUT2D eigenvalue weighted by atomic mass is 32.2. The van der Waals surface area contributed by atoms with E-state index in [-0.39, 0.29) is 17.2 Å². The van der Waals surface area contributed by atoms with Crippen molar-refractivity contribution in [3.63, 3.8) is 0 Å². The predicted molar refractivity (Wildman–Crippen MR) is 126 cm³/mol. The van der Waals surface area contributed by atoms with Crippen molar-refractivity contribution in [1.29, 1.82) is 0 Å². The van der Waals surface area contributed by atoms with Gasteiger partial charge in [0.15, 0.2) is 5.11 Å². The average molecular weight is 502 g/mol. The standard InChI is InChI=1S/C18H20FN5O5S3/c19-12-1-3-14(4-2-12)21-18(31)23-22-16(26)9-11(10-25)17(30)20-13-5-7-15(8-6-13)24-32(27,28)29/h1-8,10-11,17,20,24,30H,9H2,(H,22,26)(H2,21,23,31)(H,27,28,29). The molecule has 0 radical (unpaired) electrons. The van der Waals surface area contributed by atoms with Gasteiger partial charge >= 0.3 is 10.3 Å². The van der Waals surface area contributed by atoms with Crippen molar-refractivity contribution in [2.75, 3.05) is 15.4 Å². The molecule has 32 heavy (non-hydrogen) atoms. The van der Waals surface area contributed by atoms with Gasteiger partial charge in [0, 0.05) is 17.8 Å². The number of amides is 1. The summed E-state index contributed by atoms with van der Waals surface area (Å²) in [7, 11) is -4.39. The molecule has 0 saturated heterocycles. The minimum atomic E-state index is -4.39. The number of thiol groups is 1. The summed E-state index contributed by atoms with van der Waals surface area (Å²) in [6, 6.07) is 11.2. The number of carbonyl (C=O) groups excluding carboxylic acids is 2. The van der Waals surface area contributed by atoms with Crippen molar-refractivity contribution in [2.45, 2.75) is 11.8 Å². The van der Waals surface area contributed by atoms with Crippen LogP contribution < -0.4 is 26.2 Å². The molecule has 0 aliphatic rings. The van der Waals surface area contributed by atoms with Crippen LogP contribution in [-0.2, 0) is 19.9 Å². The lowest BCUT2D eigenvalue weighted by Gasteiger charge is -2.21. The Labute approximate surface area is 194 Å². The number of halogens is 1. The maximum absolute atomic E-state index is 12.9. The summed E-state index contributed by atoms with van der Waals surface area (Å²) in [6.45, 7) is 0. The number of nitrogens with one attached hydrogen (secondary N) is 5. The highest BCUT2D eigenvalue weighted by Crippen LogP contribution is 2.19. The second-order valence-electron chi connectivity index (χ2n) is 6.38. The second-order valence-corrected chi connectivity index (χ2v) is 8.50. The molecule has 0 aromatic heterocycles. The maximum Gasteiger partial charge on any atom is 0.357 e. The number of hydrogen-bond donors (Lipinski definition) is 7. The van der Waals surface area contributed by atoms with E-state index in [1.54, 1.807) is 0 Å². The van der Waals surface area contributed by atoms with Crippen LogP contribution >= 0.6 is 24.8 Å². The summed E-state index contributed by atoms with van der Waals surface area (Å²) in [5.74, 6) is -1.74. The molecule has 10 nitrogen and oxygen atoms in total. The third-order valence-corrected chi connectivity index (χ3v) is 5.08. The quantitative estimate of drug-likeness (QED) is 0.0683. The van der Waals surface area contributed by atoms with Gasteiger partial charge in [-0.25, -0.2) is 4.39 Å². The van der Waals surface area contributed by atoms with Crippen molar-refractivity contribution in [1.82, 2.24) is 10.9 Å². The molecular formula is C18H20FN5O5S3. The van der Waals surface area contributed by atoms with Gasteiger partial charge < -0.3 is 15.4 Å². The minimum absolute atomic E-state index is 0.0618. The molecule has 2 aromatic rings. The van der Waals surface area contributed by atoms with E-state index in [9.17, 15) is 22.4 Å². The van der Waals surface area contributed by atoms with Crippen molar-refractivity contribution in [3.8, 4) is 0 Å². The van der Waals surface area contributed by atoms with Crippen molar-refractivity contribution in [2.24, 2.45) is 5.92 Å². The van der Waals surface area contributed by atoms with Crippen LogP contribution in [0.5, 0.6) is 0 Å². The van der Waals surface area contributed by atoms with Crippen LogP contribution in [0.3, 0.4) is 0 Å². The molecular weight excluding hydrogens is 481 g/mol. The summed E-state index contributed by atoms with van der Waals surface area (Å²) >= 11 is 9.33. The van der Waals surface area contributed by atoms with Crippen LogP contribution in [-0.4, -0.2) is 35.7 Å². The van der Waals surface area contributed by atoms with Gasteiger partial charge in [0.25, 0.3) is 0 Å². The number of hydrazine groups is 1. The Bertz CT molecular complexity index is 1050. The number of hydrogen-bond acceptors (Lipinski definition) is 7. The molecule has 0 spiro atoms. The lowest BCUT2D eigenvalue weighted by molar-refractivity contribution is -0.124. The Hall–Kier alpha value is -2.94. The van der Waals surface area contributed by atoms with Gasteiger partial charge in [0.1, 0.15) is 12.1 Å². The number of benzene rings is 2. The summed E-state index contributed by atoms with van der Waals surface area (Å²) in [6.07, 6.45) is 0.368. The first-order valence-electron chi connectivity index (χ1n) is 8.92. The topological polar surface area (TPSA) is 149 Å². The lowest BCUT2D eigenvalue weighted by atomic mass is 10.1. The number of thiocarbonyl (C=S) groups is 1. The molecule has 2 rings (SSSR count). The van der Waals surface area contributed by atoms with E-state index in [1.165, 1.54) is 48.5 Å². The first-order valence-corrected chi connectivity index (χ1v) is 11.3. The molecule has 0 fully saturated rings. The van der Waals surface area contributed by atoms with Crippen LogP contribution in [0.4, 0.5) is 21.5 Å². The highest BCUT2D eigenvalue weighted by Gasteiger charge is 2.21. The summed E-state index contributed by atoms with van der Waals surface area (Å²) in [5, 5.41) is 4.99. The fraction of sp³-hybridized carbons (Fsp3) is 0.167. The molecule has 0 aliphatic carbocycles. The first kappa shape index (κ1) is 25.3. The van der Waals surface area contributed by atoms with Gasteiger partial charge in [-0.05, 0) is 60.7 Å². The predicted octanol–water partition coefficient (Wildman–Crippen LogP) is 1.93. The van der Waals surface area contributed by atoms with E-state index in [0.29, 0.717) is 17.7 Å². The Morgan fingerprint density at radius 1 is 1.06 bits per heavy atom. The molecule has 0 heterocycles. The number of carbonyl (C=O) groups is 2. The first-order chi connectivity index (χ1) is 15.1. The number of rotatable bonds is 9. The van der Waals surface area contributed by atoms with Crippen molar-refractivity contribution >= 4 is 69.5 Å². The molecule has 1 amide bonds. The Kier molecular flexibility index (Phi) is 9.19. The van der Waals surface area contributed by atoms with Crippen LogP contribution in [0, 0.1) is 11.7 Å². The molecule has 2 aromatic carbocycles. The fourth-order valence-electron chi connectivity index (χ4n) is 2.38. The molecule has 172 valence electrons. The Balaban J connectivity index is 1.82. The van der Waals surface area contributed by atoms with Crippen LogP contribution in [0.2, 0.25) is 0 Å². The maximum atomic E-state index is 12.9. The van der Waals surface area contributed by atoms with E-state index < -0.39 is 33.3 Å². The summed E-state index contributed by atoms with van der Waals surface area (Å²) in [5.41, 5.74) is 5.98. The second kappa shape index (κ2) is 11.6. The highest BCUT2D eigenvalue weighted by molar-refractivity contribution is 7.87. The Morgan fingerprint density at radius 2 is 1.62 bits per heavy atom. The number of aldehydes is 1. The fourth-order valence-corrected chi connectivity index (χ4v) is 3.31. The molecule has 2 atom stereocenters. The SMILES string of the molecule is O=CC(CC(=O)NNC(=S)Nc1ccc(F)cc1)C(S)Nc1ccc(NS(=O)(=O)O)cc1. The molecule has 2 unspecified atom stereocenters. The van der Waals surface area contributed by atoms with Gasteiger partial charge in [-0.15, -0.1) is 0 Å². The van der Waals surface area contributed by atoms with Gasteiger partial charge in [-0.1, -0.05) is 0 Å². The molecule has 14 heteroatoms. The zero-order valence-corrected chi connectivity index (χ0v) is 18.8. The van der Waals surface area contributed by atoms with E-state index in [4.69, 9.17) is 16.8 Å². The minimum Gasteiger partial charge on any atom is -0.373 e. The largest absolute Gasteiger partial charge is 0.373 e. The summed E-state index contributed by atoms with van der Waals surface area (Å²) < 4.78 is 45.2. The average Bonchev–Trinajstić information content (AvgIpc) is 2.72. The lowest BCUT2D eigenvalue weighted by Crippen LogP contribution is -2.45. The van der Waals surface area contributed by atoms with E-state index in [2.05, 4.69) is 34.1 Å². The van der Waals surface area contributed by atoms with Crippen molar-refractivity contribution < 1.29 is 27.0 Å². The third kappa shape index (κ3) is 9.05. The van der Waals surface area contributed by atoms with Crippen molar-refractivity contribution in [3.05, 3.63) is 54.3 Å². The van der Waals surface area contributed by atoms with E-state index >= 15 is 0 Å². The smallest absolute Gasteiger partial charge is 0.357 e.